The lowest BCUT2D eigenvalue weighted by Gasteiger charge is -2.07. The van der Waals surface area contributed by atoms with E-state index in [0.717, 1.165) is 6.42 Å². The Morgan fingerprint density at radius 3 is 2.29 bits per heavy atom. The SMILES string of the molecule is CCCCCCCC[C@H](C)CC(=O)Cl. The molecule has 1 atom stereocenters. The maximum absolute atomic E-state index is 10.6. The van der Waals surface area contributed by atoms with Crippen molar-refractivity contribution in [1.82, 2.24) is 0 Å². The van der Waals surface area contributed by atoms with Crippen molar-refractivity contribution in [2.24, 2.45) is 5.92 Å². The highest BCUT2D eigenvalue weighted by Gasteiger charge is 2.05. The zero-order chi connectivity index (χ0) is 10.8. The van der Waals surface area contributed by atoms with Crippen molar-refractivity contribution in [2.45, 2.75) is 65.2 Å². The second kappa shape index (κ2) is 9.51. The average Bonchev–Trinajstić information content (AvgIpc) is 2.10. The van der Waals surface area contributed by atoms with Gasteiger partial charge >= 0.3 is 0 Å². The Hall–Kier alpha value is -0.0400. The van der Waals surface area contributed by atoms with E-state index in [-0.39, 0.29) is 5.24 Å². The molecule has 0 aromatic carbocycles. The molecule has 0 aromatic heterocycles. The van der Waals surface area contributed by atoms with Crippen LogP contribution in [0.15, 0.2) is 0 Å². The van der Waals surface area contributed by atoms with Gasteiger partial charge in [0, 0.05) is 6.42 Å². The Kier molecular flexibility index (Phi) is 9.49. The molecule has 0 N–H and O–H groups in total. The van der Waals surface area contributed by atoms with Gasteiger partial charge in [0.25, 0.3) is 0 Å². The molecule has 1 nitrogen and oxygen atoms in total. The molecule has 0 aromatic rings. The molecule has 2 heteroatoms. The summed E-state index contributed by atoms with van der Waals surface area (Å²) in [5, 5.41) is -0.191. The normalized spacial score (nSPS) is 12.8. The summed E-state index contributed by atoms with van der Waals surface area (Å²) in [6.07, 6.45) is 9.60. The fourth-order valence-corrected chi connectivity index (χ4v) is 1.91. The molecular weight excluding hydrogens is 196 g/mol. The summed E-state index contributed by atoms with van der Waals surface area (Å²) < 4.78 is 0. The van der Waals surface area contributed by atoms with Gasteiger partial charge in [0.2, 0.25) is 5.24 Å². The first kappa shape index (κ1) is 14.0. The topological polar surface area (TPSA) is 17.1 Å². The third-order valence-corrected chi connectivity index (χ3v) is 2.71. The Balaban J connectivity index is 3.14. The summed E-state index contributed by atoms with van der Waals surface area (Å²) in [5.41, 5.74) is 0. The largest absolute Gasteiger partial charge is 0.281 e. The number of hydrogen-bond acceptors (Lipinski definition) is 1. The number of halogens is 1. The summed E-state index contributed by atoms with van der Waals surface area (Å²) >= 11 is 5.32. The zero-order valence-electron chi connectivity index (χ0n) is 9.52. The third-order valence-electron chi connectivity index (χ3n) is 2.56. The molecule has 0 radical (unpaired) electrons. The quantitative estimate of drug-likeness (QED) is 0.411. The van der Waals surface area contributed by atoms with Crippen LogP contribution in [0.2, 0.25) is 0 Å². The van der Waals surface area contributed by atoms with Crippen LogP contribution in [-0.4, -0.2) is 5.24 Å². The highest BCUT2D eigenvalue weighted by molar-refractivity contribution is 6.63. The summed E-state index contributed by atoms with van der Waals surface area (Å²) in [6, 6.07) is 0. The Morgan fingerprint density at radius 1 is 1.14 bits per heavy atom. The molecule has 0 aliphatic carbocycles. The Bertz CT molecular complexity index is 145. The molecule has 0 aliphatic rings. The van der Waals surface area contributed by atoms with E-state index in [0.29, 0.717) is 12.3 Å². The first-order valence-electron chi connectivity index (χ1n) is 5.85. The van der Waals surface area contributed by atoms with Crippen LogP contribution in [0, 0.1) is 5.92 Å². The predicted molar refractivity (Wildman–Crippen MR) is 62.6 cm³/mol. The number of carbonyl (C=O) groups excluding carboxylic acids is 1. The van der Waals surface area contributed by atoms with Crippen LogP contribution in [0.25, 0.3) is 0 Å². The van der Waals surface area contributed by atoms with E-state index in [9.17, 15) is 4.79 Å². The number of hydrogen-bond donors (Lipinski definition) is 0. The van der Waals surface area contributed by atoms with Gasteiger partial charge in [-0.1, -0.05) is 58.8 Å². The van der Waals surface area contributed by atoms with E-state index in [1.165, 1.54) is 38.5 Å². The molecule has 0 unspecified atom stereocenters. The van der Waals surface area contributed by atoms with Crippen molar-refractivity contribution in [1.29, 1.82) is 0 Å². The van der Waals surface area contributed by atoms with Crippen LogP contribution in [0.3, 0.4) is 0 Å². The molecule has 0 saturated carbocycles. The minimum atomic E-state index is -0.191. The number of unbranched alkanes of at least 4 members (excludes halogenated alkanes) is 5. The second-order valence-electron chi connectivity index (χ2n) is 4.22. The van der Waals surface area contributed by atoms with Crippen LogP contribution in [0.5, 0.6) is 0 Å². The van der Waals surface area contributed by atoms with Crippen molar-refractivity contribution < 1.29 is 4.79 Å². The minimum Gasteiger partial charge on any atom is -0.281 e. The lowest BCUT2D eigenvalue weighted by atomic mass is 9.99. The van der Waals surface area contributed by atoms with Gasteiger partial charge in [-0.3, -0.25) is 4.79 Å². The third kappa shape index (κ3) is 10.0. The lowest BCUT2D eigenvalue weighted by molar-refractivity contribution is -0.112. The van der Waals surface area contributed by atoms with E-state index in [1.807, 2.05) is 0 Å². The van der Waals surface area contributed by atoms with Crippen molar-refractivity contribution in [3.63, 3.8) is 0 Å². The predicted octanol–water partition coefficient (Wildman–Crippen LogP) is 4.53. The van der Waals surface area contributed by atoms with Crippen LogP contribution in [0.1, 0.15) is 65.2 Å². The summed E-state index contributed by atoms with van der Waals surface area (Å²) in [7, 11) is 0. The maximum Gasteiger partial charge on any atom is 0.221 e. The van der Waals surface area contributed by atoms with Crippen LogP contribution in [-0.2, 0) is 4.79 Å². The van der Waals surface area contributed by atoms with Gasteiger partial charge in [0.1, 0.15) is 0 Å². The fourth-order valence-electron chi connectivity index (χ4n) is 1.65. The van der Waals surface area contributed by atoms with E-state index in [1.54, 1.807) is 0 Å². The highest BCUT2D eigenvalue weighted by atomic mass is 35.5. The van der Waals surface area contributed by atoms with Gasteiger partial charge in [-0.05, 0) is 17.5 Å². The van der Waals surface area contributed by atoms with Crippen LogP contribution >= 0.6 is 11.6 Å². The average molecular weight is 219 g/mol. The molecule has 0 heterocycles. The summed E-state index contributed by atoms with van der Waals surface area (Å²) in [6.45, 7) is 4.33. The Morgan fingerprint density at radius 2 is 1.71 bits per heavy atom. The lowest BCUT2D eigenvalue weighted by Crippen LogP contribution is -1.99. The first-order valence-corrected chi connectivity index (χ1v) is 6.23. The van der Waals surface area contributed by atoms with Crippen molar-refractivity contribution in [3.8, 4) is 0 Å². The van der Waals surface area contributed by atoms with Gasteiger partial charge < -0.3 is 0 Å². The fraction of sp³-hybridized carbons (Fsp3) is 0.917. The van der Waals surface area contributed by atoms with E-state index in [2.05, 4.69) is 13.8 Å². The monoisotopic (exact) mass is 218 g/mol. The van der Waals surface area contributed by atoms with Crippen molar-refractivity contribution >= 4 is 16.8 Å². The summed E-state index contributed by atoms with van der Waals surface area (Å²) in [4.78, 5) is 10.6. The Labute approximate surface area is 93.2 Å². The van der Waals surface area contributed by atoms with Crippen molar-refractivity contribution in [3.05, 3.63) is 0 Å². The molecule has 0 aliphatic heterocycles. The van der Waals surface area contributed by atoms with Crippen LogP contribution in [0.4, 0.5) is 0 Å². The molecule has 0 bridgehead atoms. The standard InChI is InChI=1S/C12H23ClO/c1-3-4-5-6-7-8-9-11(2)10-12(13)14/h11H,3-10H2,1-2H3/t11-/m0/s1. The molecule has 0 spiro atoms. The van der Waals surface area contributed by atoms with Gasteiger partial charge in [-0.15, -0.1) is 0 Å². The second-order valence-corrected chi connectivity index (χ2v) is 4.64. The highest BCUT2D eigenvalue weighted by Crippen LogP contribution is 2.15. The van der Waals surface area contributed by atoms with Gasteiger partial charge in [0.05, 0.1) is 0 Å². The smallest absolute Gasteiger partial charge is 0.221 e. The molecule has 14 heavy (non-hydrogen) atoms. The molecule has 0 fully saturated rings. The number of carbonyl (C=O) groups is 1. The van der Waals surface area contributed by atoms with Gasteiger partial charge in [-0.2, -0.15) is 0 Å². The minimum absolute atomic E-state index is 0.191. The van der Waals surface area contributed by atoms with E-state index in [4.69, 9.17) is 11.6 Å². The van der Waals surface area contributed by atoms with E-state index < -0.39 is 0 Å². The molecule has 0 rings (SSSR count). The number of rotatable bonds is 9. The molecule has 0 amide bonds. The zero-order valence-corrected chi connectivity index (χ0v) is 10.3. The molecular formula is C12H23ClO. The summed E-state index contributed by atoms with van der Waals surface area (Å²) in [5.74, 6) is 0.464. The van der Waals surface area contributed by atoms with Gasteiger partial charge in [0.15, 0.2) is 0 Å². The molecule has 84 valence electrons. The molecule has 0 saturated heterocycles. The first-order chi connectivity index (χ1) is 6.66. The van der Waals surface area contributed by atoms with Crippen LogP contribution < -0.4 is 0 Å². The van der Waals surface area contributed by atoms with Crippen molar-refractivity contribution in [2.75, 3.05) is 0 Å². The van der Waals surface area contributed by atoms with Gasteiger partial charge in [-0.25, -0.2) is 0 Å². The van der Waals surface area contributed by atoms with E-state index >= 15 is 0 Å². The maximum atomic E-state index is 10.6.